The lowest BCUT2D eigenvalue weighted by atomic mass is 10.1. The van der Waals surface area contributed by atoms with Gasteiger partial charge in [-0.15, -0.1) is 0 Å². The highest BCUT2D eigenvalue weighted by Gasteiger charge is 2.13. The van der Waals surface area contributed by atoms with Crippen LogP contribution in [0.25, 0.3) is 10.9 Å². The van der Waals surface area contributed by atoms with E-state index >= 15 is 0 Å². The first kappa shape index (κ1) is 13.9. The Morgan fingerprint density at radius 1 is 1.05 bits per heavy atom. The van der Waals surface area contributed by atoms with Gasteiger partial charge in [-0.2, -0.15) is 0 Å². The molecule has 0 saturated carbocycles. The summed E-state index contributed by atoms with van der Waals surface area (Å²) in [5.41, 5.74) is 2.54. The van der Waals surface area contributed by atoms with Crippen LogP contribution in [0.1, 0.15) is 21.6 Å². The molecule has 1 heterocycles. The fourth-order valence-corrected chi connectivity index (χ4v) is 2.25. The molecular formula is C17H12N2O3. The summed E-state index contributed by atoms with van der Waals surface area (Å²) in [7, 11) is 0. The lowest BCUT2D eigenvalue weighted by Gasteiger charge is -2.03. The maximum Gasteiger partial charge on any atom is 0.269 e. The molecular weight excluding hydrogens is 280 g/mol. The lowest BCUT2D eigenvalue weighted by molar-refractivity contribution is -0.384. The van der Waals surface area contributed by atoms with Crippen molar-refractivity contribution in [3.8, 4) is 0 Å². The zero-order valence-corrected chi connectivity index (χ0v) is 11.8. The van der Waals surface area contributed by atoms with E-state index < -0.39 is 4.92 Å². The van der Waals surface area contributed by atoms with Crippen LogP contribution in [0.3, 0.4) is 0 Å². The van der Waals surface area contributed by atoms with E-state index in [1.807, 2.05) is 31.2 Å². The number of non-ortho nitro benzene ring substituents is 1. The number of nitro groups is 1. The summed E-state index contributed by atoms with van der Waals surface area (Å²) >= 11 is 0. The Morgan fingerprint density at radius 3 is 2.45 bits per heavy atom. The van der Waals surface area contributed by atoms with Gasteiger partial charge in [-0.25, -0.2) is 4.98 Å². The van der Waals surface area contributed by atoms with E-state index in [1.165, 1.54) is 24.3 Å². The van der Waals surface area contributed by atoms with Gasteiger partial charge in [0.15, 0.2) is 0 Å². The first-order valence-electron chi connectivity index (χ1n) is 6.71. The molecule has 0 aliphatic rings. The third-order valence-corrected chi connectivity index (χ3v) is 3.42. The predicted molar refractivity (Wildman–Crippen MR) is 83.0 cm³/mol. The van der Waals surface area contributed by atoms with E-state index in [0.717, 1.165) is 16.5 Å². The van der Waals surface area contributed by atoms with Crippen molar-refractivity contribution in [2.24, 2.45) is 0 Å². The summed E-state index contributed by atoms with van der Waals surface area (Å²) in [6.45, 7) is 2.00. The van der Waals surface area contributed by atoms with Gasteiger partial charge in [0.25, 0.3) is 5.69 Å². The fraction of sp³-hybridized carbons (Fsp3) is 0.0588. The molecule has 0 amide bonds. The zero-order valence-electron chi connectivity index (χ0n) is 11.8. The molecule has 0 unspecified atom stereocenters. The van der Waals surface area contributed by atoms with Crippen molar-refractivity contribution in [1.82, 2.24) is 4.98 Å². The number of nitrogens with zero attached hydrogens (tertiary/aromatic N) is 2. The van der Waals surface area contributed by atoms with Gasteiger partial charge in [0, 0.05) is 23.1 Å². The van der Waals surface area contributed by atoms with Crippen molar-refractivity contribution in [2.75, 3.05) is 0 Å². The summed E-state index contributed by atoms with van der Waals surface area (Å²) in [5, 5.41) is 11.6. The quantitative estimate of drug-likeness (QED) is 0.419. The number of benzene rings is 2. The Hall–Kier alpha value is -3.08. The molecule has 22 heavy (non-hydrogen) atoms. The minimum atomic E-state index is -0.495. The Bertz CT molecular complexity index is 886. The summed E-state index contributed by atoms with van der Waals surface area (Å²) in [6.07, 6.45) is 0. The van der Waals surface area contributed by atoms with Crippen molar-refractivity contribution >= 4 is 22.4 Å². The van der Waals surface area contributed by atoms with Gasteiger partial charge < -0.3 is 0 Å². The minimum Gasteiger partial charge on any atom is -0.287 e. The molecule has 0 radical (unpaired) electrons. The van der Waals surface area contributed by atoms with E-state index in [-0.39, 0.29) is 11.5 Å². The van der Waals surface area contributed by atoms with Crippen LogP contribution in [0.5, 0.6) is 0 Å². The maximum atomic E-state index is 12.4. The van der Waals surface area contributed by atoms with Crippen LogP contribution in [0.4, 0.5) is 5.69 Å². The lowest BCUT2D eigenvalue weighted by Crippen LogP contribution is -2.04. The summed E-state index contributed by atoms with van der Waals surface area (Å²) < 4.78 is 0. The van der Waals surface area contributed by atoms with E-state index in [4.69, 9.17) is 0 Å². The highest BCUT2D eigenvalue weighted by Crippen LogP contribution is 2.18. The second-order valence-corrected chi connectivity index (χ2v) is 5.03. The molecule has 0 atom stereocenters. The largest absolute Gasteiger partial charge is 0.287 e. The number of carbonyl (C=O) groups is 1. The topological polar surface area (TPSA) is 73.1 Å². The predicted octanol–water partition coefficient (Wildman–Crippen LogP) is 3.68. The van der Waals surface area contributed by atoms with Crippen molar-refractivity contribution in [3.05, 3.63) is 81.5 Å². The third-order valence-electron chi connectivity index (χ3n) is 3.42. The zero-order chi connectivity index (χ0) is 15.7. The second kappa shape index (κ2) is 5.37. The average molecular weight is 292 g/mol. The van der Waals surface area contributed by atoms with Crippen LogP contribution in [-0.4, -0.2) is 15.7 Å². The van der Waals surface area contributed by atoms with Crippen molar-refractivity contribution < 1.29 is 9.72 Å². The van der Waals surface area contributed by atoms with Crippen molar-refractivity contribution in [3.63, 3.8) is 0 Å². The molecule has 3 aromatic rings. The number of hydrogen-bond donors (Lipinski definition) is 0. The highest BCUT2D eigenvalue weighted by molar-refractivity contribution is 6.08. The number of aryl methyl sites for hydroxylation is 1. The molecule has 0 aliphatic heterocycles. The van der Waals surface area contributed by atoms with Gasteiger partial charge in [-0.1, -0.05) is 17.7 Å². The van der Waals surface area contributed by atoms with Gasteiger partial charge >= 0.3 is 0 Å². The van der Waals surface area contributed by atoms with Gasteiger partial charge in [0.2, 0.25) is 5.78 Å². The van der Waals surface area contributed by atoms with E-state index in [0.29, 0.717) is 11.3 Å². The molecule has 0 N–H and O–H groups in total. The Kier molecular flexibility index (Phi) is 3.39. The molecule has 5 heteroatoms. The van der Waals surface area contributed by atoms with Gasteiger partial charge in [0.1, 0.15) is 5.69 Å². The molecule has 2 aromatic carbocycles. The molecule has 0 fully saturated rings. The van der Waals surface area contributed by atoms with Crippen LogP contribution >= 0.6 is 0 Å². The number of aromatic nitrogens is 1. The summed E-state index contributed by atoms with van der Waals surface area (Å²) in [5.74, 6) is -0.252. The molecule has 3 rings (SSSR count). The normalized spacial score (nSPS) is 10.6. The molecule has 0 saturated heterocycles. The van der Waals surface area contributed by atoms with Crippen LogP contribution in [0, 0.1) is 17.0 Å². The molecule has 1 aromatic heterocycles. The molecule has 108 valence electrons. The van der Waals surface area contributed by atoms with Gasteiger partial charge in [-0.3, -0.25) is 14.9 Å². The number of rotatable bonds is 3. The molecule has 0 aliphatic carbocycles. The Labute approximate surface area is 126 Å². The number of carbonyl (C=O) groups excluding carboxylic acids is 1. The number of nitro benzene ring substituents is 1. The first-order valence-corrected chi connectivity index (χ1v) is 6.71. The van der Waals surface area contributed by atoms with E-state index in [9.17, 15) is 14.9 Å². The monoisotopic (exact) mass is 292 g/mol. The number of pyridine rings is 1. The number of ketones is 1. The molecule has 5 nitrogen and oxygen atoms in total. The first-order chi connectivity index (χ1) is 10.5. The van der Waals surface area contributed by atoms with Gasteiger partial charge in [-0.05, 0) is 37.3 Å². The Balaban J connectivity index is 1.97. The smallest absolute Gasteiger partial charge is 0.269 e. The van der Waals surface area contributed by atoms with Crippen LogP contribution in [0.15, 0.2) is 54.6 Å². The summed E-state index contributed by atoms with van der Waals surface area (Å²) in [4.78, 5) is 26.9. The van der Waals surface area contributed by atoms with Crippen LogP contribution < -0.4 is 0 Å². The SMILES string of the molecule is Cc1ccc2nc(C(=O)c3ccc([N+](=O)[O-])cc3)ccc2c1. The Morgan fingerprint density at radius 2 is 1.77 bits per heavy atom. The van der Waals surface area contributed by atoms with E-state index in [1.54, 1.807) is 6.07 Å². The third kappa shape index (κ3) is 2.56. The molecule has 0 bridgehead atoms. The maximum absolute atomic E-state index is 12.4. The standard InChI is InChI=1S/C17H12N2O3/c1-11-2-8-15-13(10-11)5-9-16(18-15)17(20)12-3-6-14(7-4-12)19(21)22/h2-10H,1H3. The fourth-order valence-electron chi connectivity index (χ4n) is 2.25. The van der Waals surface area contributed by atoms with Crippen LogP contribution in [0.2, 0.25) is 0 Å². The van der Waals surface area contributed by atoms with E-state index in [2.05, 4.69) is 4.98 Å². The van der Waals surface area contributed by atoms with Crippen molar-refractivity contribution in [1.29, 1.82) is 0 Å². The van der Waals surface area contributed by atoms with Crippen LogP contribution in [-0.2, 0) is 0 Å². The second-order valence-electron chi connectivity index (χ2n) is 5.03. The van der Waals surface area contributed by atoms with Gasteiger partial charge in [0.05, 0.1) is 10.4 Å². The highest BCUT2D eigenvalue weighted by atomic mass is 16.6. The molecule has 0 spiro atoms. The number of fused-ring (bicyclic) bond motifs is 1. The minimum absolute atomic E-state index is 0.0431. The summed E-state index contributed by atoms with van der Waals surface area (Å²) in [6, 6.07) is 14.9. The van der Waals surface area contributed by atoms with Crippen molar-refractivity contribution in [2.45, 2.75) is 6.92 Å². The average Bonchev–Trinajstić information content (AvgIpc) is 2.53. The number of hydrogen-bond acceptors (Lipinski definition) is 4.